The summed E-state index contributed by atoms with van der Waals surface area (Å²) in [4.78, 5) is 23.2. The van der Waals surface area contributed by atoms with Gasteiger partial charge in [-0.15, -0.1) is 0 Å². The number of hydrogen-bond donors (Lipinski definition) is 2. The van der Waals surface area contributed by atoms with Crippen LogP contribution in [0.2, 0.25) is 0 Å². The van der Waals surface area contributed by atoms with Gasteiger partial charge in [0.15, 0.2) is 0 Å². The van der Waals surface area contributed by atoms with Crippen LogP contribution in [0.5, 0.6) is 0 Å². The molecule has 7 nitrogen and oxygen atoms in total. The Kier molecular flexibility index (Phi) is 9.29. The Balaban J connectivity index is 2.04. The number of nitrogens with zero attached hydrogens (tertiary/aromatic N) is 3. The Morgan fingerprint density at radius 3 is 2.50 bits per heavy atom. The zero-order valence-electron chi connectivity index (χ0n) is 13.1. The molecule has 8 heteroatoms. The van der Waals surface area contributed by atoms with Crippen molar-refractivity contribution in [1.82, 2.24) is 15.0 Å². The highest BCUT2D eigenvalue weighted by atomic mass is 32.2. The minimum Gasteiger partial charge on any atom is -0.466 e. The summed E-state index contributed by atoms with van der Waals surface area (Å²) in [6, 6.07) is 0. The first-order valence-electron chi connectivity index (χ1n) is 7.61. The average Bonchev–Trinajstić information content (AvgIpc) is 2.45. The van der Waals surface area contributed by atoms with Crippen LogP contribution in [-0.4, -0.2) is 39.0 Å². The molecule has 0 unspecified atom stereocenters. The van der Waals surface area contributed by atoms with Gasteiger partial charge in [-0.3, -0.25) is 4.79 Å². The van der Waals surface area contributed by atoms with E-state index in [-0.39, 0.29) is 17.9 Å². The molecule has 124 valence electrons. The molecular formula is C14H25N5O2S. The number of carbonyl (C=O) groups is 1. The first-order valence-corrected chi connectivity index (χ1v) is 8.76. The second kappa shape index (κ2) is 11.1. The molecule has 4 N–H and O–H groups in total. The quantitative estimate of drug-likeness (QED) is 0.467. The molecule has 0 amide bonds. The Morgan fingerprint density at radius 2 is 1.82 bits per heavy atom. The number of anilines is 2. The van der Waals surface area contributed by atoms with E-state index in [0.717, 1.165) is 24.3 Å². The molecule has 0 fully saturated rings. The molecule has 0 aliphatic rings. The summed E-state index contributed by atoms with van der Waals surface area (Å²) >= 11 is 1.65. The van der Waals surface area contributed by atoms with E-state index in [9.17, 15) is 4.79 Å². The van der Waals surface area contributed by atoms with Crippen molar-refractivity contribution in [1.29, 1.82) is 0 Å². The van der Waals surface area contributed by atoms with Gasteiger partial charge in [-0.2, -0.15) is 26.7 Å². The third-order valence-electron chi connectivity index (χ3n) is 2.90. The molecule has 22 heavy (non-hydrogen) atoms. The number of aromatic nitrogens is 3. The number of thioether (sulfide) groups is 1. The number of carbonyl (C=O) groups excluding carboxylic acids is 1. The van der Waals surface area contributed by atoms with Gasteiger partial charge in [0.25, 0.3) is 0 Å². The molecule has 0 aliphatic carbocycles. The minimum atomic E-state index is -0.127. The summed E-state index contributed by atoms with van der Waals surface area (Å²) in [7, 11) is 0. The fraction of sp³-hybridized carbons (Fsp3) is 0.714. The van der Waals surface area contributed by atoms with E-state index in [0.29, 0.717) is 25.3 Å². The number of rotatable bonds is 11. The second-order valence-electron chi connectivity index (χ2n) is 4.86. The smallest absolute Gasteiger partial charge is 0.306 e. The maximum atomic E-state index is 11.5. The third kappa shape index (κ3) is 8.66. The molecular weight excluding hydrogens is 302 g/mol. The molecule has 1 rings (SSSR count). The highest BCUT2D eigenvalue weighted by Gasteiger charge is 2.04. The number of unbranched alkanes of at least 4 members (excludes halogenated alkanes) is 3. The summed E-state index contributed by atoms with van der Waals surface area (Å²) in [6.45, 7) is 2.69. The monoisotopic (exact) mass is 327 g/mol. The molecule has 1 aromatic heterocycles. The lowest BCUT2D eigenvalue weighted by Gasteiger charge is -2.05. The molecule has 0 saturated heterocycles. The SMILES string of the molecule is CCCCCCOC(=O)CCSCCc1nc(N)nc(N)n1. The van der Waals surface area contributed by atoms with E-state index in [1.54, 1.807) is 11.8 Å². The zero-order chi connectivity index (χ0) is 16.2. The molecule has 0 radical (unpaired) electrons. The molecule has 0 aromatic carbocycles. The van der Waals surface area contributed by atoms with Crippen LogP contribution in [0.25, 0.3) is 0 Å². The molecule has 0 atom stereocenters. The van der Waals surface area contributed by atoms with Crippen molar-refractivity contribution in [2.24, 2.45) is 0 Å². The minimum absolute atomic E-state index is 0.127. The molecule has 0 aliphatic heterocycles. The van der Waals surface area contributed by atoms with E-state index in [2.05, 4.69) is 21.9 Å². The molecule has 1 heterocycles. The third-order valence-corrected chi connectivity index (χ3v) is 3.88. The first kappa shape index (κ1) is 18.5. The number of hydrogen-bond acceptors (Lipinski definition) is 8. The van der Waals surface area contributed by atoms with Gasteiger partial charge in [0.1, 0.15) is 5.82 Å². The van der Waals surface area contributed by atoms with Crippen molar-refractivity contribution in [2.45, 2.75) is 45.4 Å². The summed E-state index contributed by atoms with van der Waals surface area (Å²) < 4.78 is 5.17. The lowest BCUT2D eigenvalue weighted by atomic mass is 10.2. The molecule has 1 aromatic rings. The maximum absolute atomic E-state index is 11.5. The summed E-state index contributed by atoms with van der Waals surface area (Å²) in [5, 5.41) is 0. The largest absolute Gasteiger partial charge is 0.466 e. The summed E-state index contributed by atoms with van der Waals surface area (Å²) in [6.07, 6.45) is 5.53. The standard InChI is InChI=1S/C14H25N5O2S/c1-2-3-4-5-8-21-12(20)7-10-22-9-6-11-17-13(15)19-14(16)18-11/h2-10H2,1H3,(H4,15,16,17,18,19). The van der Waals surface area contributed by atoms with E-state index >= 15 is 0 Å². The van der Waals surface area contributed by atoms with E-state index < -0.39 is 0 Å². The van der Waals surface area contributed by atoms with Gasteiger partial charge >= 0.3 is 5.97 Å². The van der Waals surface area contributed by atoms with Gasteiger partial charge < -0.3 is 16.2 Å². The highest BCUT2D eigenvalue weighted by molar-refractivity contribution is 7.99. The van der Waals surface area contributed by atoms with Gasteiger partial charge in [0.2, 0.25) is 11.9 Å². The first-order chi connectivity index (χ1) is 10.6. The summed E-state index contributed by atoms with van der Waals surface area (Å²) in [5.41, 5.74) is 11.0. The number of aryl methyl sites for hydroxylation is 1. The predicted molar refractivity (Wildman–Crippen MR) is 89.4 cm³/mol. The van der Waals surface area contributed by atoms with Crippen molar-refractivity contribution in [3.05, 3.63) is 5.82 Å². The van der Waals surface area contributed by atoms with Crippen LogP contribution in [0.1, 0.15) is 44.9 Å². The molecule has 0 saturated carbocycles. The van der Waals surface area contributed by atoms with Gasteiger partial charge in [0, 0.05) is 17.9 Å². The van der Waals surface area contributed by atoms with E-state index in [4.69, 9.17) is 16.2 Å². The Hall–Kier alpha value is -1.57. The predicted octanol–water partition coefficient (Wildman–Crippen LogP) is 1.83. The van der Waals surface area contributed by atoms with Crippen molar-refractivity contribution < 1.29 is 9.53 Å². The number of nitrogen functional groups attached to an aromatic ring is 2. The lowest BCUT2D eigenvalue weighted by molar-refractivity contribution is -0.143. The van der Waals surface area contributed by atoms with Crippen LogP contribution in [0, 0.1) is 0 Å². The van der Waals surface area contributed by atoms with Crippen molar-refractivity contribution >= 4 is 29.6 Å². The van der Waals surface area contributed by atoms with Crippen LogP contribution >= 0.6 is 11.8 Å². The second-order valence-corrected chi connectivity index (χ2v) is 6.09. The highest BCUT2D eigenvalue weighted by Crippen LogP contribution is 2.08. The van der Waals surface area contributed by atoms with Gasteiger partial charge in [0.05, 0.1) is 13.0 Å². The maximum Gasteiger partial charge on any atom is 0.306 e. The van der Waals surface area contributed by atoms with Crippen molar-refractivity contribution in [3.8, 4) is 0 Å². The number of ether oxygens (including phenoxy) is 1. The van der Waals surface area contributed by atoms with Crippen LogP contribution in [-0.2, 0) is 16.0 Å². The van der Waals surface area contributed by atoms with Crippen molar-refractivity contribution in [3.63, 3.8) is 0 Å². The topological polar surface area (TPSA) is 117 Å². The van der Waals surface area contributed by atoms with Crippen LogP contribution < -0.4 is 11.5 Å². The van der Waals surface area contributed by atoms with E-state index in [1.807, 2.05) is 0 Å². The lowest BCUT2D eigenvalue weighted by Crippen LogP contribution is -2.08. The Morgan fingerprint density at radius 1 is 1.09 bits per heavy atom. The van der Waals surface area contributed by atoms with Crippen LogP contribution in [0.15, 0.2) is 0 Å². The Labute approximate surface area is 135 Å². The normalized spacial score (nSPS) is 10.6. The molecule has 0 spiro atoms. The fourth-order valence-electron chi connectivity index (χ4n) is 1.78. The van der Waals surface area contributed by atoms with Crippen LogP contribution in [0.4, 0.5) is 11.9 Å². The van der Waals surface area contributed by atoms with E-state index in [1.165, 1.54) is 12.8 Å². The average molecular weight is 327 g/mol. The van der Waals surface area contributed by atoms with Crippen molar-refractivity contribution in [2.75, 3.05) is 29.6 Å². The number of esters is 1. The van der Waals surface area contributed by atoms with Gasteiger partial charge in [-0.05, 0) is 6.42 Å². The van der Waals surface area contributed by atoms with Gasteiger partial charge in [-0.25, -0.2) is 0 Å². The van der Waals surface area contributed by atoms with Crippen LogP contribution in [0.3, 0.4) is 0 Å². The molecule has 0 bridgehead atoms. The fourth-order valence-corrected chi connectivity index (χ4v) is 2.62. The zero-order valence-corrected chi connectivity index (χ0v) is 13.9. The summed E-state index contributed by atoms with van der Waals surface area (Å²) in [5.74, 6) is 2.25. The number of nitrogens with two attached hydrogens (primary N) is 2. The Bertz CT molecular complexity index is 439. The van der Waals surface area contributed by atoms with Gasteiger partial charge in [-0.1, -0.05) is 26.2 Å².